The fourth-order valence-corrected chi connectivity index (χ4v) is 3.16. The molecular weight excluding hydrogens is 198 g/mol. The van der Waals surface area contributed by atoms with E-state index in [0.717, 1.165) is 18.4 Å². The molecule has 2 fully saturated rings. The molecule has 0 aromatic carbocycles. The molecule has 2 unspecified atom stereocenters. The summed E-state index contributed by atoms with van der Waals surface area (Å²) in [6.07, 6.45) is 5.67. The molecule has 2 atom stereocenters. The third-order valence-corrected chi connectivity index (χ3v) is 3.84. The number of fused-ring (bicyclic) bond motifs is 2. The van der Waals surface area contributed by atoms with E-state index in [1.807, 2.05) is 0 Å². The predicted octanol–water partition coefficient (Wildman–Crippen LogP) is 2.92. The SMILES string of the molecule is CC(C)(C)OCCCN1CC2CCC(C2)C1. The van der Waals surface area contributed by atoms with E-state index in [-0.39, 0.29) is 5.60 Å². The van der Waals surface area contributed by atoms with Gasteiger partial charge in [0.05, 0.1) is 5.60 Å². The third-order valence-electron chi connectivity index (χ3n) is 3.84. The van der Waals surface area contributed by atoms with Crippen molar-refractivity contribution >= 4 is 0 Å². The van der Waals surface area contributed by atoms with Gasteiger partial charge in [0.2, 0.25) is 0 Å². The van der Waals surface area contributed by atoms with Crippen LogP contribution >= 0.6 is 0 Å². The minimum Gasteiger partial charge on any atom is -0.376 e. The average molecular weight is 225 g/mol. The van der Waals surface area contributed by atoms with Gasteiger partial charge in [-0.2, -0.15) is 0 Å². The Morgan fingerprint density at radius 3 is 2.31 bits per heavy atom. The highest BCUT2D eigenvalue weighted by Gasteiger charge is 2.32. The van der Waals surface area contributed by atoms with Crippen molar-refractivity contribution in [3.05, 3.63) is 0 Å². The predicted molar refractivity (Wildman–Crippen MR) is 67.6 cm³/mol. The maximum atomic E-state index is 5.76. The molecule has 0 spiro atoms. The van der Waals surface area contributed by atoms with Crippen LogP contribution in [0.5, 0.6) is 0 Å². The molecule has 94 valence electrons. The largest absolute Gasteiger partial charge is 0.376 e. The van der Waals surface area contributed by atoms with Gasteiger partial charge in [-0.3, -0.25) is 0 Å². The first kappa shape index (κ1) is 12.4. The van der Waals surface area contributed by atoms with Crippen molar-refractivity contribution in [1.82, 2.24) is 4.90 Å². The van der Waals surface area contributed by atoms with Gasteiger partial charge in [-0.25, -0.2) is 0 Å². The van der Waals surface area contributed by atoms with Crippen molar-refractivity contribution in [2.75, 3.05) is 26.2 Å². The van der Waals surface area contributed by atoms with Crippen LogP contribution in [0, 0.1) is 11.8 Å². The summed E-state index contributed by atoms with van der Waals surface area (Å²) >= 11 is 0. The molecule has 2 heteroatoms. The number of hydrogen-bond acceptors (Lipinski definition) is 2. The van der Waals surface area contributed by atoms with Gasteiger partial charge in [-0.1, -0.05) is 0 Å². The van der Waals surface area contributed by atoms with Crippen LogP contribution in [0.1, 0.15) is 46.5 Å². The number of likely N-dealkylation sites (tertiary alicyclic amines) is 1. The van der Waals surface area contributed by atoms with Crippen LogP contribution in [0.15, 0.2) is 0 Å². The van der Waals surface area contributed by atoms with E-state index < -0.39 is 0 Å². The monoisotopic (exact) mass is 225 g/mol. The second-order valence-corrected chi connectivity index (χ2v) is 6.62. The molecule has 2 aliphatic rings. The quantitative estimate of drug-likeness (QED) is 0.682. The van der Waals surface area contributed by atoms with E-state index in [1.54, 1.807) is 0 Å². The van der Waals surface area contributed by atoms with Gasteiger partial charge in [0.15, 0.2) is 0 Å². The van der Waals surface area contributed by atoms with Crippen LogP contribution in [-0.2, 0) is 4.74 Å². The summed E-state index contributed by atoms with van der Waals surface area (Å²) in [5.74, 6) is 2.03. The first-order valence-corrected chi connectivity index (χ1v) is 6.89. The zero-order valence-electron chi connectivity index (χ0n) is 11.2. The summed E-state index contributed by atoms with van der Waals surface area (Å²) < 4.78 is 5.76. The fraction of sp³-hybridized carbons (Fsp3) is 1.00. The van der Waals surface area contributed by atoms with Crippen LogP contribution in [0.3, 0.4) is 0 Å². The van der Waals surface area contributed by atoms with Crippen LogP contribution in [0.25, 0.3) is 0 Å². The van der Waals surface area contributed by atoms with E-state index in [1.165, 1.54) is 45.3 Å². The minimum atomic E-state index is 0.0287. The maximum Gasteiger partial charge on any atom is 0.0598 e. The highest BCUT2D eigenvalue weighted by molar-refractivity contribution is 4.85. The van der Waals surface area contributed by atoms with E-state index in [2.05, 4.69) is 25.7 Å². The maximum absolute atomic E-state index is 5.76. The van der Waals surface area contributed by atoms with Crippen LogP contribution in [0.2, 0.25) is 0 Å². The Morgan fingerprint density at radius 2 is 1.75 bits per heavy atom. The van der Waals surface area contributed by atoms with Crippen molar-refractivity contribution in [3.63, 3.8) is 0 Å². The molecule has 0 amide bonds. The van der Waals surface area contributed by atoms with Crippen LogP contribution in [-0.4, -0.2) is 36.7 Å². The Labute approximate surface area is 100 Å². The molecule has 0 N–H and O–H groups in total. The Morgan fingerprint density at radius 1 is 1.12 bits per heavy atom. The molecule has 2 nitrogen and oxygen atoms in total. The number of ether oxygens (including phenoxy) is 1. The van der Waals surface area contributed by atoms with E-state index in [0.29, 0.717) is 0 Å². The molecule has 0 aromatic rings. The summed E-state index contributed by atoms with van der Waals surface area (Å²) in [5, 5.41) is 0. The normalized spacial score (nSPS) is 30.9. The number of rotatable bonds is 4. The van der Waals surface area contributed by atoms with Crippen LogP contribution in [0.4, 0.5) is 0 Å². The summed E-state index contributed by atoms with van der Waals surface area (Å²) in [5.41, 5.74) is 0.0287. The molecule has 1 aliphatic heterocycles. The molecule has 1 heterocycles. The van der Waals surface area contributed by atoms with Crippen molar-refractivity contribution in [2.24, 2.45) is 11.8 Å². The number of piperidine rings is 1. The minimum absolute atomic E-state index is 0.0287. The zero-order valence-corrected chi connectivity index (χ0v) is 11.2. The lowest BCUT2D eigenvalue weighted by molar-refractivity contribution is -0.00829. The standard InChI is InChI=1S/C14H27NO/c1-14(2,3)16-8-4-7-15-10-12-5-6-13(9-12)11-15/h12-13H,4-11H2,1-3H3. The lowest BCUT2D eigenvalue weighted by atomic mass is 9.99. The molecule has 0 radical (unpaired) electrons. The second-order valence-electron chi connectivity index (χ2n) is 6.62. The third kappa shape index (κ3) is 3.74. The van der Waals surface area contributed by atoms with Gasteiger partial charge < -0.3 is 9.64 Å². The van der Waals surface area contributed by atoms with Crippen molar-refractivity contribution in [3.8, 4) is 0 Å². The Hall–Kier alpha value is -0.0800. The van der Waals surface area contributed by atoms with Gasteiger partial charge in [-0.05, 0) is 58.3 Å². The van der Waals surface area contributed by atoms with Gasteiger partial charge in [-0.15, -0.1) is 0 Å². The highest BCUT2D eigenvalue weighted by Crippen LogP contribution is 2.36. The van der Waals surface area contributed by atoms with Crippen molar-refractivity contribution in [1.29, 1.82) is 0 Å². The molecule has 0 aromatic heterocycles. The molecule has 2 bridgehead atoms. The Kier molecular flexibility index (Phi) is 3.91. The molecule has 16 heavy (non-hydrogen) atoms. The highest BCUT2D eigenvalue weighted by atomic mass is 16.5. The summed E-state index contributed by atoms with van der Waals surface area (Å²) in [6.45, 7) is 11.3. The zero-order chi connectivity index (χ0) is 11.6. The Bertz CT molecular complexity index is 209. The number of nitrogens with zero attached hydrogens (tertiary/aromatic N) is 1. The molecule has 1 saturated carbocycles. The van der Waals surface area contributed by atoms with Gasteiger partial charge in [0.25, 0.3) is 0 Å². The van der Waals surface area contributed by atoms with Crippen LogP contribution < -0.4 is 0 Å². The van der Waals surface area contributed by atoms with E-state index in [9.17, 15) is 0 Å². The van der Waals surface area contributed by atoms with Crippen molar-refractivity contribution < 1.29 is 4.74 Å². The average Bonchev–Trinajstić information content (AvgIpc) is 2.52. The summed E-state index contributed by atoms with van der Waals surface area (Å²) in [4.78, 5) is 2.66. The molecular formula is C14H27NO. The van der Waals surface area contributed by atoms with E-state index >= 15 is 0 Å². The summed E-state index contributed by atoms with van der Waals surface area (Å²) in [6, 6.07) is 0. The summed E-state index contributed by atoms with van der Waals surface area (Å²) in [7, 11) is 0. The fourth-order valence-electron chi connectivity index (χ4n) is 3.16. The molecule has 2 rings (SSSR count). The Balaban J connectivity index is 1.60. The second kappa shape index (κ2) is 5.05. The topological polar surface area (TPSA) is 12.5 Å². The smallest absolute Gasteiger partial charge is 0.0598 e. The first-order valence-electron chi connectivity index (χ1n) is 6.89. The molecule has 1 aliphatic carbocycles. The molecule has 1 saturated heterocycles. The van der Waals surface area contributed by atoms with E-state index in [4.69, 9.17) is 4.74 Å². The van der Waals surface area contributed by atoms with Crippen molar-refractivity contribution in [2.45, 2.75) is 52.1 Å². The number of hydrogen-bond donors (Lipinski definition) is 0. The lowest BCUT2D eigenvalue weighted by Gasteiger charge is -2.32. The van der Waals surface area contributed by atoms with Gasteiger partial charge in [0, 0.05) is 26.2 Å². The lowest BCUT2D eigenvalue weighted by Crippen LogP contribution is -2.37. The first-order chi connectivity index (χ1) is 7.53. The van der Waals surface area contributed by atoms with Gasteiger partial charge in [0.1, 0.15) is 0 Å². The van der Waals surface area contributed by atoms with Gasteiger partial charge >= 0.3 is 0 Å².